The fourth-order valence-electron chi connectivity index (χ4n) is 2.85. The number of aliphatic hydroxyl groups excluding tert-OH is 1. The average molecular weight is 413 g/mol. The molecule has 1 rings (SSSR count). The highest BCUT2D eigenvalue weighted by Gasteiger charge is 2.37. The molecule has 0 aliphatic heterocycles. The standard InChI is InChI=1S/C27H40O3/c1-7-9-11-13-19-27(20-14-12-10-8-2,30-22-26(4,5)21-28)23(3)24-15-17-25(29-6)18-16-24/h15-18,23,28H,7-12,21-22H2,1-6H3/t23-/m1/s1. The van der Waals surface area contributed by atoms with E-state index in [0.29, 0.717) is 6.61 Å². The van der Waals surface area contributed by atoms with E-state index in [1.165, 1.54) is 0 Å². The predicted octanol–water partition coefficient (Wildman–Crippen LogP) is 5.96. The second-order valence-corrected chi connectivity index (χ2v) is 8.65. The van der Waals surface area contributed by atoms with Crippen molar-refractivity contribution >= 4 is 0 Å². The molecule has 0 aromatic heterocycles. The van der Waals surface area contributed by atoms with E-state index in [1.807, 2.05) is 26.0 Å². The second kappa shape index (κ2) is 13.4. The maximum Gasteiger partial charge on any atom is 0.196 e. The van der Waals surface area contributed by atoms with Crippen molar-refractivity contribution in [3.05, 3.63) is 29.8 Å². The number of benzene rings is 1. The Morgan fingerprint density at radius 1 is 0.967 bits per heavy atom. The van der Waals surface area contributed by atoms with Crippen molar-refractivity contribution in [1.29, 1.82) is 0 Å². The van der Waals surface area contributed by atoms with E-state index >= 15 is 0 Å². The summed E-state index contributed by atoms with van der Waals surface area (Å²) in [7, 11) is 1.67. The molecule has 0 heterocycles. The van der Waals surface area contributed by atoms with Gasteiger partial charge in [-0.25, -0.2) is 0 Å². The van der Waals surface area contributed by atoms with E-state index in [0.717, 1.165) is 49.8 Å². The van der Waals surface area contributed by atoms with Gasteiger partial charge >= 0.3 is 0 Å². The number of ether oxygens (including phenoxy) is 2. The molecule has 3 nitrogen and oxygen atoms in total. The molecule has 0 unspecified atom stereocenters. The first-order chi connectivity index (χ1) is 14.3. The number of unbranched alkanes of at least 4 members (excludes halogenated alkanes) is 4. The molecule has 0 radical (unpaired) electrons. The second-order valence-electron chi connectivity index (χ2n) is 8.65. The third kappa shape index (κ3) is 8.43. The van der Waals surface area contributed by atoms with Crippen molar-refractivity contribution in [3.8, 4) is 29.4 Å². The normalized spacial score (nSPS) is 12.4. The van der Waals surface area contributed by atoms with E-state index in [-0.39, 0.29) is 17.9 Å². The van der Waals surface area contributed by atoms with Gasteiger partial charge in [0.1, 0.15) is 5.75 Å². The largest absolute Gasteiger partial charge is 0.497 e. The van der Waals surface area contributed by atoms with Crippen LogP contribution in [0.5, 0.6) is 5.75 Å². The fraction of sp³-hybridized carbons (Fsp3) is 0.630. The van der Waals surface area contributed by atoms with Crippen LogP contribution < -0.4 is 4.74 Å². The Labute approximate surface area is 184 Å². The molecule has 1 aromatic rings. The number of methoxy groups -OCH3 is 1. The minimum atomic E-state index is -0.914. The van der Waals surface area contributed by atoms with Gasteiger partial charge in [-0.05, 0) is 30.5 Å². The van der Waals surface area contributed by atoms with Crippen LogP contribution >= 0.6 is 0 Å². The molecule has 0 aliphatic rings. The summed E-state index contributed by atoms with van der Waals surface area (Å²) in [6.45, 7) is 10.9. The average Bonchev–Trinajstić information content (AvgIpc) is 2.77. The molecular formula is C27H40O3. The lowest BCUT2D eigenvalue weighted by molar-refractivity contribution is -0.0353. The van der Waals surface area contributed by atoms with E-state index < -0.39 is 5.60 Å². The minimum absolute atomic E-state index is 0.0481. The molecule has 1 N–H and O–H groups in total. The van der Waals surface area contributed by atoms with Gasteiger partial charge in [0.05, 0.1) is 20.3 Å². The monoisotopic (exact) mass is 412 g/mol. The van der Waals surface area contributed by atoms with Gasteiger partial charge in [0.25, 0.3) is 0 Å². The van der Waals surface area contributed by atoms with E-state index in [4.69, 9.17) is 9.47 Å². The lowest BCUT2D eigenvalue weighted by Gasteiger charge is -2.34. The molecule has 0 fully saturated rings. The maximum atomic E-state index is 9.73. The minimum Gasteiger partial charge on any atom is -0.497 e. The number of hydrogen-bond acceptors (Lipinski definition) is 3. The Kier molecular flexibility index (Phi) is 11.6. The zero-order valence-corrected chi connectivity index (χ0v) is 19.8. The molecule has 1 atom stereocenters. The molecule has 166 valence electrons. The van der Waals surface area contributed by atoms with E-state index in [9.17, 15) is 5.11 Å². The summed E-state index contributed by atoms with van der Waals surface area (Å²) in [6.07, 6.45) is 6.00. The highest BCUT2D eigenvalue weighted by atomic mass is 16.5. The fourth-order valence-corrected chi connectivity index (χ4v) is 2.85. The smallest absolute Gasteiger partial charge is 0.196 e. The Hall–Kier alpha value is -1.94. The first-order valence-corrected chi connectivity index (χ1v) is 11.2. The lowest BCUT2D eigenvalue weighted by Crippen LogP contribution is -2.39. The highest BCUT2D eigenvalue weighted by molar-refractivity contribution is 5.40. The Bertz CT molecular complexity index is 699. The van der Waals surface area contributed by atoms with Crippen LogP contribution in [0.1, 0.15) is 84.6 Å². The Morgan fingerprint density at radius 2 is 1.50 bits per heavy atom. The van der Waals surface area contributed by atoms with Crippen LogP contribution in [-0.4, -0.2) is 31.0 Å². The van der Waals surface area contributed by atoms with Gasteiger partial charge in [0, 0.05) is 24.2 Å². The van der Waals surface area contributed by atoms with Crippen LogP contribution in [0.2, 0.25) is 0 Å². The zero-order valence-electron chi connectivity index (χ0n) is 19.8. The molecule has 3 heteroatoms. The molecular weight excluding hydrogens is 372 g/mol. The third-order valence-corrected chi connectivity index (χ3v) is 5.20. The van der Waals surface area contributed by atoms with Crippen LogP contribution in [-0.2, 0) is 4.74 Å². The molecule has 1 aromatic carbocycles. The molecule has 0 bridgehead atoms. The first kappa shape index (κ1) is 26.1. The van der Waals surface area contributed by atoms with E-state index in [1.54, 1.807) is 7.11 Å². The van der Waals surface area contributed by atoms with Crippen molar-refractivity contribution in [1.82, 2.24) is 0 Å². The summed E-state index contributed by atoms with van der Waals surface area (Å²) in [5, 5.41) is 9.73. The zero-order chi connectivity index (χ0) is 22.5. The van der Waals surface area contributed by atoms with Gasteiger partial charge in [-0.2, -0.15) is 0 Å². The van der Waals surface area contributed by atoms with Crippen LogP contribution in [0.15, 0.2) is 24.3 Å². The number of rotatable bonds is 11. The molecule has 0 aliphatic carbocycles. The van der Waals surface area contributed by atoms with Crippen molar-refractivity contribution in [3.63, 3.8) is 0 Å². The molecule has 0 amide bonds. The van der Waals surface area contributed by atoms with Gasteiger partial charge in [0.15, 0.2) is 5.60 Å². The molecule has 0 spiro atoms. The number of hydrogen-bond donors (Lipinski definition) is 1. The van der Waals surface area contributed by atoms with Crippen molar-refractivity contribution in [2.75, 3.05) is 20.3 Å². The van der Waals surface area contributed by atoms with Crippen LogP contribution in [0, 0.1) is 29.1 Å². The SMILES string of the molecule is CCCCC#CC(C#CCCCC)(OCC(C)(C)CO)[C@H](C)c1ccc(OC)cc1. The highest BCUT2D eigenvalue weighted by Crippen LogP contribution is 2.34. The number of aliphatic hydroxyl groups is 1. The van der Waals surface area contributed by atoms with Gasteiger partial charge in [0.2, 0.25) is 0 Å². The quantitative estimate of drug-likeness (QED) is 0.360. The van der Waals surface area contributed by atoms with Crippen LogP contribution in [0.3, 0.4) is 0 Å². The van der Waals surface area contributed by atoms with Crippen molar-refractivity contribution in [2.24, 2.45) is 5.41 Å². The van der Waals surface area contributed by atoms with Crippen LogP contribution in [0.25, 0.3) is 0 Å². The first-order valence-electron chi connectivity index (χ1n) is 11.2. The topological polar surface area (TPSA) is 38.7 Å². The Balaban J connectivity index is 3.37. The van der Waals surface area contributed by atoms with Crippen LogP contribution in [0.4, 0.5) is 0 Å². The van der Waals surface area contributed by atoms with Gasteiger partial charge in [-0.15, -0.1) is 0 Å². The summed E-state index contributed by atoms with van der Waals surface area (Å²) in [5.74, 6) is 14.2. The third-order valence-electron chi connectivity index (χ3n) is 5.20. The maximum absolute atomic E-state index is 9.73. The van der Waals surface area contributed by atoms with Gasteiger partial charge in [-0.3, -0.25) is 0 Å². The Morgan fingerprint density at radius 3 is 1.93 bits per heavy atom. The summed E-state index contributed by atoms with van der Waals surface area (Å²) in [6, 6.07) is 8.03. The van der Waals surface area contributed by atoms with Crippen molar-refractivity contribution < 1.29 is 14.6 Å². The van der Waals surface area contributed by atoms with Crippen molar-refractivity contribution in [2.45, 2.75) is 84.7 Å². The molecule has 30 heavy (non-hydrogen) atoms. The summed E-state index contributed by atoms with van der Waals surface area (Å²) < 4.78 is 11.8. The lowest BCUT2D eigenvalue weighted by atomic mass is 9.83. The summed E-state index contributed by atoms with van der Waals surface area (Å²) >= 11 is 0. The van der Waals surface area contributed by atoms with E-state index in [2.05, 4.69) is 56.6 Å². The predicted molar refractivity (Wildman–Crippen MR) is 126 cm³/mol. The summed E-state index contributed by atoms with van der Waals surface area (Å²) in [4.78, 5) is 0. The summed E-state index contributed by atoms with van der Waals surface area (Å²) in [5.41, 5.74) is -0.170. The van der Waals surface area contributed by atoms with Gasteiger partial charge in [-0.1, -0.05) is 83.3 Å². The van der Waals surface area contributed by atoms with Gasteiger partial charge < -0.3 is 14.6 Å². The molecule has 0 saturated carbocycles. The molecule has 0 saturated heterocycles.